The summed E-state index contributed by atoms with van der Waals surface area (Å²) in [5.74, 6) is -3.49. The highest BCUT2D eigenvalue weighted by atomic mass is 19.3. The summed E-state index contributed by atoms with van der Waals surface area (Å²) < 4.78 is 49.4. The quantitative estimate of drug-likeness (QED) is 0.356. The Hall–Kier alpha value is -1.32. The van der Waals surface area contributed by atoms with Crippen LogP contribution in [0.2, 0.25) is 0 Å². The van der Waals surface area contributed by atoms with Gasteiger partial charge in [0.15, 0.2) is 0 Å². The Labute approximate surface area is 216 Å². The fourth-order valence-corrected chi connectivity index (χ4v) is 9.78. The molecule has 208 valence electrons. The Morgan fingerprint density at radius 1 is 0.865 bits per heavy atom. The number of hydrogen-bond acceptors (Lipinski definition) is 7. The van der Waals surface area contributed by atoms with Crippen molar-refractivity contribution in [3.63, 3.8) is 0 Å². The molecule has 4 atom stereocenters. The smallest absolute Gasteiger partial charge is 0.376 e. The first-order valence-corrected chi connectivity index (χ1v) is 14.1. The van der Waals surface area contributed by atoms with Crippen LogP contribution >= 0.6 is 0 Å². The van der Waals surface area contributed by atoms with Crippen molar-refractivity contribution in [3.05, 3.63) is 0 Å². The lowest BCUT2D eigenvalue weighted by atomic mass is 9.48. The van der Waals surface area contributed by atoms with Crippen molar-refractivity contribution in [2.75, 3.05) is 19.8 Å². The molecular weight excluding hydrogens is 486 g/mol. The summed E-state index contributed by atoms with van der Waals surface area (Å²) >= 11 is 0. The zero-order valence-corrected chi connectivity index (χ0v) is 21.9. The van der Waals surface area contributed by atoms with Crippen LogP contribution in [0.5, 0.6) is 0 Å². The lowest BCUT2D eigenvalue weighted by Crippen LogP contribution is -2.64. The lowest BCUT2D eigenvalue weighted by molar-refractivity contribution is -0.258. The predicted octanol–water partition coefficient (Wildman–Crippen LogP) is 4.18. The Morgan fingerprint density at radius 3 is 2.08 bits per heavy atom. The van der Waals surface area contributed by atoms with Gasteiger partial charge in [-0.25, -0.2) is 9.59 Å². The summed E-state index contributed by atoms with van der Waals surface area (Å²) in [4.78, 5) is 24.3. The van der Waals surface area contributed by atoms with Gasteiger partial charge in [0.2, 0.25) is 0 Å². The molecular formula is C28H40F2O7. The number of alkyl halides is 2. The second-order valence-corrected chi connectivity index (χ2v) is 13.7. The SMILES string of the molecule is CC(F)(F)C(=O)OCCOC1(C)C2CC3CC1CC(OCC(=O)OC14CC5CC(CC(O)(C5)C1)C4)(C3)C2. The van der Waals surface area contributed by atoms with Crippen molar-refractivity contribution < 1.29 is 42.4 Å². The van der Waals surface area contributed by atoms with Gasteiger partial charge in [-0.3, -0.25) is 0 Å². The van der Waals surface area contributed by atoms with E-state index in [1.807, 2.05) is 0 Å². The molecule has 0 aromatic rings. The summed E-state index contributed by atoms with van der Waals surface area (Å²) in [6, 6.07) is 0. The number of hydrogen-bond donors (Lipinski definition) is 1. The molecule has 0 spiro atoms. The fraction of sp³-hybridized carbons (Fsp3) is 0.929. The molecule has 37 heavy (non-hydrogen) atoms. The number of aliphatic hydroxyl groups is 1. The molecule has 0 radical (unpaired) electrons. The summed E-state index contributed by atoms with van der Waals surface area (Å²) in [7, 11) is 0. The van der Waals surface area contributed by atoms with Crippen LogP contribution in [0.3, 0.4) is 0 Å². The Bertz CT molecular complexity index is 915. The van der Waals surface area contributed by atoms with Gasteiger partial charge in [-0.05, 0) is 101 Å². The van der Waals surface area contributed by atoms with Crippen LogP contribution in [0.25, 0.3) is 0 Å². The molecule has 8 saturated carbocycles. The number of esters is 2. The molecule has 8 bridgehead atoms. The van der Waals surface area contributed by atoms with E-state index in [4.69, 9.17) is 14.2 Å². The van der Waals surface area contributed by atoms with Gasteiger partial charge in [0.05, 0.1) is 23.4 Å². The van der Waals surface area contributed by atoms with Gasteiger partial charge in [-0.2, -0.15) is 8.78 Å². The highest BCUT2D eigenvalue weighted by Gasteiger charge is 2.62. The van der Waals surface area contributed by atoms with E-state index in [-0.39, 0.29) is 43.2 Å². The van der Waals surface area contributed by atoms with Crippen molar-refractivity contribution in [1.82, 2.24) is 0 Å². The Kier molecular flexibility index (Phi) is 6.02. The van der Waals surface area contributed by atoms with Crippen molar-refractivity contribution in [2.45, 2.75) is 113 Å². The number of carbonyl (C=O) groups excluding carboxylic acids is 2. The minimum absolute atomic E-state index is 0.0690. The van der Waals surface area contributed by atoms with Gasteiger partial charge in [-0.1, -0.05) is 0 Å². The Morgan fingerprint density at radius 2 is 1.49 bits per heavy atom. The first-order valence-electron chi connectivity index (χ1n) is 14.1. The van der Waals surface area contributed by atoms with E-state index in [2.05, 4.69) is 11.7 Å². The monoisotopic (exact) mass is 526 g/mol. The third-order valence-electron chi connectivity index (χ3n) is 10.6. The molecule has 8 rings (SSSR count). The number of carbonyl (C=O) groups is 2. The molecule has 9 heteroatoms. The molecule has 7 nitrogen and oxygen atoms in total. The lowest BCUT2D eigenvalue weighted by Gasteiger charge is -2.63. The first-order chi connectivity index (χ1) is 17.3. The second kappa shape index (κ2) is 8.59. The van der Waals surface area contributed by atoms with Crippen LogP contribution in [0.1, 0.15) is 84.5 Å². The molecule has 0 aliphatic heterocycles. The van der Waals surface area contributed by atoms with Gasteiger partial charge in [0.25, 0.3) is 0 Å². The minimum atomic E-state index is -3.51. The van der Waals surface area contributed by atoms with Crippen molar-refractivity contribution >= 4 is 11.9 Å². The zero-order chi connectivity index (χ0) is 26.3. The van der Waals surface area contributed by atoms with Crippen LogP contribution < -0.4 is 0 Å². The van der Waals surface area contributed by atoms with Gasteiger partial charge in [0, 0.05) is 13.3 Å². The Balaban J connectivity index is 1.03. The average molecular weight is 527 g/mol. The molecule has 8 fully saturated rings. The topological polar surface area (TPSA) is 91.3 Å². The molecule has 1 N–H and O–H groups in total. The highest BCUT2D eigenvalue weighted by Crippen LogP contribution is 2.62. The van der Waals surface area contributed by atoms with Crippen LogP contribution in [0.15, 0.2) is 0 Å². The van der Waals surface area contributed by atoms with E-state index < -0.39 is 28.7 Å². The number of halogens is 2. The van der Waals surface area contributed by atoms with Gasteiger partial charge in [-0.15, -0.1) is 0 Å². The van der Waals surface area contributed by atoms with Crippen LogP contribution in [-0.4, -0.2) is 65.2 Å². The average Bonchev–Trinajstić information content (AvgIpc) is 2.76. The molecule has 0 saturated heterocycles. The third-order valence-corrected chi connectivity index (χ3v) is 10.6. The van der Waals surface area contributed by atoms with Gasteiger partial charge in [0.1, 0.15) is 18.8 Å². The van der Waals surface area contributed by atoms with Crippen LogP contribution in [-0.2, 0) is 28.5 Å². The van der Waals surface area contributed by atoms with E-state index >= 15 is 0 Å². The molecule has 0 amide bonds. The number of rotatable bonds is 9. The van der Waals surface area contributed by atoms with Gasteiger partial charge >= 0.3 is 17.9 Å². The predicted molar refractivity (Wildman–Crippen MR) is 127 cm³/mol. The van der Waals surface area contributed by atoms with Crippen molar-refractivity contribution in [2.24, 2.45) is 29.6 Å². The standard InChI is InChI=1S/C28H40F2O7/c1-24(35-4-3-34-23(32)25(2,29)30)20-6-17-7-21(24)14-27(10-17,13-20)36-15-22(31)37-28-11-18-5-19(12-28)9-26(33,8-18)16-28/h17-21,33H,3-16H2,1-2H3. The van der Waals surface area contributed by atoms with Crippen molar-refractivity contribution in [3.8, 4) is 0 Å². The van der Waals surface area contributed by atoms with E-state index in [9.17, 15) is 23.5 Å². The second-order valence-electron chi connectivity index (χ2n) is 13.7. The highest BCUT2D eigenvalue weighted by molar-refractivity contribution is 5.76. The van der Waals surface area contributed by atoms with Crippen LogP contribution in [0, 0.1) is 29.6 Å². The molecule has 0 heterocycles. The molecule has 8 aliphatic rings. The summed E-state index contributed by atoms with van der Waals surface area (Å²) in [6.07, 6.45) is 9.60. The summed E-state index contributed by atoms with van der Waals surface area (Å²) in [5, 5.41) is 11.0. The van der Waals surface area contributed by atoms with Crippen molar-refractivity contribution in [1.29, 1.82) is 0 Å². The third kappa shape index (κ3) is 4.71. The zero-order valence-electron chi connectivity index (χ0n) is 21.9. The molecule has 0 aromatic heterocycles. The minimum Gasteiger partial charge on any atom is -0.459 e. The maximum Gasteiger partial charge on any atom is 0.376 e. The largest absolute Gasteiger partial charge is 0.459 e. The molecule has 8 aliphatic carbocycles. The normalized spacial score (nSPS) is 47.3. The van der Waals surface area contributed by atoms with E-state index in [0.29, 0.717) is 31.1 Å². The maximum absolute atomic E-state index is 13.0. The summed E-state index contributed by atoms with van der Waals surface area (Å²) in [6.45, 7) is 2.41. The maximum atomic E-state index is 13.0. The molecule has 0 aromatic carbocycles. The summed E-state index contributed by atoms with van der Waals surface area (Å²) in [5.41, 5.74) is -2.00. The fourth-order valence-electron chi connectivity index (χ4n) is 9.78. The first kappa shape index (κ1) is 25.9. The molecule has 4 unspecified atom stereocenters. The number of ether oxygens (including phenoxy) is 4. The van der Waals surface area contributed by atoms with E-state index in [0.717, 1.165) is 64.2 Å². The van der Waals surface area contributed by atoms with Gasteiger partial charge < -0.3 is 24.1 Å². The van der Waals surface area contributed by atoms with E-state index in [1.54, 1.807) is 0 Å². The van der Waals surface area contributed by atoms with E-state index in [1.165, 1.54) is 0 Å². The van der Waals surface area contributed by atoms with Crippen LogP contribution in [0.4, 0.5) is 8.78 Å².